The molecule has 1 aliphatic rings. The van der Waals surface area contributed by atoms with Crippen molar-refractivity contribution < 1.29 is 9.53 Å². The van der Waals surface area contributed by atoms with Gasteiger partial charge in [0.2, 0.25) is 0 Å². The molecule has 0 aliphatic carbocycles. The van der Waals surface area contributed by atoms with E-state index in [2.05, 4.69) is 6.92 Å². The lowest BCUT2D eigenvalue weighted by Gasteiger charge is -2.18. The molecule has 2 rings (SSSR count). The summed E-state index contributed by atoms with van der Waals surface area (Å²) in [4.78, 5) is 16.4. The highest BCUT2D eigenvalue weighted by Crippen LogP contribution is 2.19. The van der Waals surface area contributed by atoms with Crippen molar-refractivity contribution in [3.8, 4) is 5.75 Å². The molecule has 0 unspecified atom stereocenters. The van der Waals surface area contributed by atoms with Crippen LogP contribution in [0, 0.1) is 0 Å². The molecular formula is C15H21BrN2O2. The molecule has 1 aromatic rings. The van der Waals surface area contributed by atoms with Crippen LogP contribution in [0.15, 0.2) is 30.6 Å². The van der Waals surface area contributed by atoms with Crippen LogP contribution < -0.4 is 4.74 Å². The van der Waals surface area contributed by atoms with E-state index in [1.165, 1.54) is 0 Å². The molecule has 0 saturated carbocycles. The molecule has 20 heavy (non-hydrogen) atoms. The van der Waals surface area contributed by atoms with Gasteiger partial charge in [-0.25, -0.2) is 0 Å². The summed E-state index contributed by atoms with van der Waals surface area (Å²) in [5, 5.41) is 0. The Morgan fingerprint density at radius 2 is 2.10 bits per heavy atom. The molecule has 4 nitrogen and oxygen atoms in total. The molecule has 5 heteroatoms. The average molecular weight is 341 g/mol. The summed E-state index contributed by atoms with van der Waals surface area (Å²) in [6.07, 6.45) is 4.75. The first-order chi connectivity index (χ1) is 9.13. The Labute approximate surface area is 130 Å². The SMILES string of the molecule is Br.CCc1cc(OC)ccc1C(=O)CN1C=CN(C)C1. The number of aryl methyl sites for hydroxylation is 1. The number of hydrogen-bond donors (Lipinski definition) is 0. The van der Waals surface area contributed by atoms with Crippen molar-refractivity contribution in [2.75, 3.05) is 27.4 Å². The number of halogens is 1. The van der Waals surface area contributed by atoms with Crippen molar-refractivity contribution in [1.82, 2.24) is 9.80 Å². The quantitative estimate of drug-likeness (QED) is 0.771. The number of nitrogens with zero attached hydrogens (tertiary/aromatic N) is 2. The van der Waals surface area contributed by atoms with Crippen LogP contribution >= 0.6 is 17.0 Å². The monoisotopic (exact) mass is 340 g/mol. The molecule has 0 bridgehead atoms. The normalized spacial score (nSPS) is 13.3. The Balaban J connectivity index is 0.00000200. The predicted molar refractivity (Wildman–Crippen MR) is 85.5 cm³/mol. The van der Waals surface area contributed by atoms with E-state index in [1.54, 1.807) is 7.11 Å². The second-order valence-electron chi connectivity index (χ2n) is 4.74. The predicted octanol–water partition coefficient (Wildman–Crippen LogP) is 2.69. The lowest BCUT2D eigenvalue weighted by atomic mass is 10.0. The van der Waals surface area contributed by atoms with Crippen molar-refractivity contribution in [2.24, 2.45) is 0 Å². The van der Waals surface area contributed by atoms with Crippen LogP contribution in [0.1, 0.15) is 22.8 Å². The minimum absolute atomic E-state index is 0. The highest BCUT2D eigenvalue weighted by molar-refractivity contribution is 8.93. The first-order valence-electron chi connectivity index (χ1n) is 6.46. The molecular weight excluding hydrogens is 320 g/mol. The van der Waals surface area contributed by atoms with Crippen molar-refractivity contribution in [1.29, 1.82) is 0 Å². The minimum atomic E-state index is 0. The number of methoxy groups -OCH3 is 1. The number of Topliss-reactive ketones (excluding diaryl/α,β-unsaturated/α-hetero) is 1. The fraction of sp³-hybridized carbons (Fsp3) is 0.400. The third-order valence-electron chi connectivity index (χ3n) is 3.28. The van der Waals surface area contributed by atoms with Gasteiger partial charge in [0.15, 0.2) is 5.78 Å². The van der Waals surface area contributed by atoms with Crippen LogP contribution in [-0.4, -0.2) is 43.0 Å². The summed E-state index contributed by atoms with van der Waals surface area (Å²) in [5.41, 5.74) is 1.84. The zero-order valence-electron chi connectivity index (χ0n) is 12.1. The molecule has 0 N–H and O–H groups in total. The molecule has 0 radical (unpaired) electrons. The van der Waals surface area contributed by atoms with Gasteiger partial charge in [0.1, 0.15) is 5.75 Å². The van der Waals surface area contributed by atoms with Crippen LogP contribution in [0.4, 0.5) is 0 Å². The number of ketones is 1. The van der Waals surface area contributed by atoms with Gasteiger partial charge in [-0.1, -0.05) is 6.92 Å². The highest BCUT2D eigenvalue weighted by Gasteiger charge is 2.16. The molecule has 0 aromatic heterocycles. The zero-order valence-corrected chi connectivity index (χ0v) is 13.8. The maximum atomic E-state index is 12.4. The van der Waals surface area contributed by atoms with Crippen molar-refractivity contribution in [2.45, 2.75) is 13.3 Å². The summed E-state index contributed by atoms with van der Waals surface area (Å²) in [7, 11) is 3.63. The Morgan fingerprint density at radius 3 is 2.65 bits per heavy atom. The number of rotatable bonds is 5. The number of ether oxygens (including phenoxy) is 1. The molecule has 0 atom stereocenters. The van der Waals surface area contributed by atoms with Gasteiger partial charge in [0.05, 0.1) is 20.3 Å². The average Bonchev–Trinajstić information content (AvgIpc) is 2.83. The van der Waals surface area contributed by atoms with E-state index in [-0.39, 0.29) is 22.8 Å². The van der Waals surface area contributed by atoms with Gasteiger partial charge in [0.25, 0.3) is 0 Å². The Hall–Kier alpha value is -1.49. The van der Waals surface area contributed by atoms with Gasteiger partial charge in [0, 0.05) is 25.0 Å². The summed E-state index contributed by atoms with van der Waals surface area (Å²) < 4.78 is 5.20. The molecule has 1 aliphatic heterocycles. The lowest BCUT2D eigenvalue weighted by Crippen LogP contribution is -2.28. The molecule has 0 fully saturated rings. The standard InChI is InChI=1S/C15H20N2O2.BrH/c1-4-12-9-13(19-3)5-6-14(12)15(18)10-17-8-7-16(2)11-17;/h5-9H,4,10-11H2,1-3H3;1H. The fourth-order valence-electron chi connectivity index (χ4n) is 2.22. The third-order valence-corrected chi connectivity index (χ3v) is 3.28. The number of benzene rings is 1. The van der Waals surface area contributed by atoms with Crippen molar-refractivity contribution >= 4 is 22.8 Å². The van der Waals surface area contributed by atoms with E-state index in [4.69, 9.17) is 4.74 Å². The van der Waals surface area contributed by atoms with E-state index in [1.807, 2.05) is 47.4 Å². The van der Waals surface area contributed by atoms with Crippen molar-refractivity contribution in [3.05, 3.63) is 41.7 Å². The lowest BCUT2D eigenvalue weighted by molar-refractivity contribution is 0.0947. The van der Waals surface area contributed by atoms with E-state index in [0.29, 0.717) is 6.54 Å². The largest absolute Gasteiger partial charge is 0.497 e. The van der Waals surface area contributed by atoms with Gasteiger partial charge in [-0.3, -0.25) is 4.79 Å². The third kappa shape index (κ3) is 3.76. The first kappa shape index (κ1) is 16.6. The van der Waals surface area contributed by atoms with Gasteiger partial charge >= 0.3 is 0 Å². The highest BCUT2D eigenvalue weighted by atomic mass is 79.9. The van der Waals surface area contributed by atoms with Gasteiger partial charge < -0.3 is 14.5 Å². The second-order valence-corrected chi connectivity index (χ2v) is 4.74. The molecule has 0 spiro atoms. The summed E-state index contributed by atoms with van der Waals surface area (Å²) in [6.45, 7) is 3.23. The van der Waals surface area contributed by atoms with Crippen LogP contribution in [0.3, 0.4) is 0 Å². The zero-order chi connectivity index (χ0) is 13.8. The van der Waals surface area contributed by atoms with Gasteiger partial charge in [-0.05, 0) is 30.2 Å². The van der Waals surface area contributed by atoms with Crippen molar-refractivity contribution in [3.63, 3.8) is 0 Å². The van der Waals surface area contributed by atoms with Gasteiger partial charge in [-0.2, -0.15) is 0 Å². The van der Waals surface area contributed by atoms with Crippen LogP contribution in [-0.2, 0) is 6.42 Å². The first-order valence-corrected chi connectivity index (χ1v) is 6.46. The fourth-order valence-corrected chi connectivity index (χ4v) is 2.22. The Morgan fingerprint density at radius 1 is 1.35 bits per heavy atom. The Bertz CT molecular complexity index is 503. The Kier molecular flexibility index (Phi) is 6.07. The number of carbonyl (C=O) groups is 1. The van der Waals surface area contributed by atoms with E-state index in [9.17, 15) is 4.79 Å². The molecule has 1 heterocycles. The molecule has 0 saturated heterocycles. The topological polar surface area (TPSA) is 32.8 Å². The molecule has 1 aromatic carbocycles. The summed E-state index contributed by atoms with van der Waals surface area (Å²) in [5.74, 6) is 0.952. The van der Waals surface area contributed by atoms with Crippen LogP contribution in [0.2, 0.25) is 0 Å². The van der Waals surface area contributed by atoms with E-state index in [0.717, 1.165) is 30.0 Å². The molecule has 110 valence electrons. The van der Waals surface area contributed by atoms with E-state index < -0.39 is 0 Å². The smallest absolute Gasteiger partial charge is 0.182 e. The maximum absolute atomic E-state index is 12.4. The second kappa shape index (κ2) is 7.33. The van der Waals surface area contributed by atoms with Gasteiger partial charge in [-0.15, -0.1) is 17.0 Å². The van der Waals surface area contributed by atoms with Crippen LogP contribution in [0.25, 0.3) is 0 Å². The minimum Gasteiger partial charge on any atom is -0.497 e. The number of carbonyl (C=O) groups excluding carboxylic acids is 1. The molecule has 0 amide bonds. The summed E-state index contributed by atoms with van der Waals surface area (Å²) in [6, 6.07) is 5.65. The number of hydrogen-bond acceptors (Lipinski definition) is 4. The maximum Gasteiger partial charge on any atom is 0.182 e. The summed E-state index contributed by atoms with van der Waals surface area (Å²) >= 11 is 0. The van der Waals surface area contributed by atoms with Crippen LogP contribution in [0.5, 0.6) is 5.75 Å². The van der Waals surface area contributed by atoms with E-state index >= 15 is 0 Å².